The van der Waals surface area contributed by atoms with E-state index in [1.165, 1.54) is 0 Å². The van der Waals surface area contributed by atoms with Crippen molar-refractivity contribution in [2.45, 2.75) is 25.7 Å². The molecule has 6 heteroatoms. The fourth-order valence-corrected chi connectivity index (χ4v) is 4.74. The van der Waals surface area contributed by atoms with Gasteiger partial charge in [-0.15, -0.1) is 0 Å². The van der Waals surface area contributed by atoms with E-state index in [1.54, 1.807) is 31.4 Å². The predicted octanol–water partition coefficient (Wildman–Crippen LogP) is 5.40. The number of hydrogen-bond donors (Lipinski definition) is 2. The molecule has 4 aromatic rings. The summed E-state index contributed by atoms with van der Waals surface area (Å²) in [4.78, 5) is 29.8. The number of rotatable bonds is 6. The van der Waals surface area contributed by atoms with E-state index in [1.807, 2.05) is 48.5 Å². The molecule has 36 heavy (non-hydrogen) atoms. The van der Waals surface area contributed by atoms with Crippen LogP contribution in [0.25, 0.3) is 22.6 Å². The quantitative estimate of drug-likeness (QED) is 0.389. The number of carbonyl (C=O) groups excluding carboxylic acids is 2. The van der Waals surface area contributed by atoms with E-state index >= 15 is 0 Å². The number of aromatic nitrogens is 1. The number of benzene rings is 3. The van der Waals surface area contributed by atoms with Crippen LogP contribution < -0.4 is 15.8 Å². The highest BCUT2D eigenvalue weighted by molar-refractivity contribution is 6.14. The number of methoxy groups -OCH3 is 1. The third kappa shape index (κ3) is 4.84. The lowest BCUT2D eigenvalue weighted by Gasteiger charge is -2.23. The van der Waals surface area contributed by atoms with Crippen molar-refractivity contribution < 1.29 is 14.3 Å². The van der Waals surface area contributed by atoms with Gasteiger partial charge in [0.05, 0.1) is 30.3 Å². The summed E-state index contributed by atoms with van der Waals surface area (Å²) in [5.74, 6) is 0.255. The van der Waals surface area contributed by atoms with Crippen molar-refractivity contribution in [1.29, 1.82) is 0 Å². The molecule has 6 nitrogen and oxygen atoms in total. The Morgan fingerprint density at radius 2 is 1.75 bits per heavy atom. The first-order valence-corrected chi connectivity index (χ1v) is 12.0. The Balaban J connectivity index is 1.54. The molecule has 180 valence electrons. The average Bonchev–Trinajstić information content (AvgIpc) is 2.89. The molecule has 0 aliphatic heterocycles. The van der Waals surface area contributed by atoms with Gasteiger partial charge in [0.25, 0.3) is 5.91 Å². The van der Waals surface area contributed by atoms with Crippen molar-refractivity contribution >= 4 is 40.1 Å². The second-order valence-corrected chi connectivity index (χ2v) is 8.92. The molecule has 5 rings (SSSR count). The summed E-state index contributed by atoms with van der Waals surface area (Å²) in [5.41, 5.74) is 12.3. The lowest BCUT2D eigenvalue weighted by atomic mass is 9.85. The topological polar surface area (TPSA) is 94.3 Å². The minimum atomic E-state index is -0.389. The summed E-state index contributed by atoms with van der Waals surface area (Å²) < 4.78 is 5.28. The maximum absolute atomic E-state index is 13.7. The molecule has 1 aromatic heterocycles. The van der Waals surface area contributed by atoms with Crippen molar-refractivity contribution in [1.82, 2.24) is 4.98 Å². The summed E-state index contributed by atoms with van der Waals surface area (Å²) in [6, 6.07) is 22.9. The molecule has 0 saturated heterocycles. The lowest BCUT2D eigenvalue weighted by Crippen LogP contribution is -2.19. The molecule has 3 aromatic carbocycles. The SMILES string of the molecule is COc1ccc(C=C2CCCc3c2nc2ccccc2c3C(=O)Nc2ccc(CC(N)=O)cc2)cc1. The summed E-state index contributed by atoms with van der Waals surface area (Å²) in [7, 11) is 1.65. The molecular formula is C30H27N3O3. The van der Waals surface area contributed by atoms with Crippen molar-refractivity contribution in [2.75, 3.05) is 12.4 Å². The van der Waals surface area contributed by atoms with E-state index < -0.39 is 0 Å². The van der Waals surface area contributed by atoms with Crippen molar-refractivity contribution in [3.8, 4) is 5.75 Å². The predicted molar refractivity (Wildman–Crippen MR) is 143 cm³/mol. The van der Waals surface area contributed by atoms with Crippen LogP contribution in [0, 0.1) is 0 Å². The molecule has 3 N–H and O–H groups in total. The lowest BCUT2D eigenvalue weighted by molar-refractivity contribution is -0.117. The number of amides is 2. The van der Waals surface area contributed by atoms with Gasteiger partial charge in [0.1, 0.15) is 5.75 Å². The molecular weight excluding hydrogens is 450 g/mol. The van der Waals surface area contributed by atoms with Crippen LogP contribution in [0.15, 0.2) is 72.8 Å². The number of ether oxygens (including phenoxy) is 1. The smallest absolute Gasteiger partial charge is 0.256 e. The highest BCUT2D eigenvalue weighted by Gasteiger charge is 2.25. The Bertz CT molecular complexity index is 1470. The van der Waals surface area contributed by atoms with Gasteiger partial charge in [-0.25, -0.2) is 4.98 Å². The minimum Gasteiger partial charge on any atom is -0.497 e. The molecule has 0 fully saturated rings. The molecule has 1 heterocycles. The minimum absolute atomic E-state index is 0.167. The first kappa shape index (κ1) is 23.3. The van der Waals surface area contributed by atoms with E-state index in [4.69, 9.17) is 15.5 Å². The van der Waals surface area contributed by atoms with Crippen molar-refractivity contribution in [3.05, 3.63) is 101 Å². The van der Waals surface area contributed by atoms with Gasteiger partial charge in [-0.05, 0) is 77.9 Å². The number of carbonyl (C=O) groups is 2. The van der Waals surface area contributed by atoms with Crippen LogP contribution in [-0.4, -0.2) is 23.9 Å². The number of anilines is 1. The maximum atomic E-state index is 13.7. The summed E-state index contributed by atoms with van der Waals surface area (Å²) in [6.07, 6.45) is 4.94. The standard InChI is InChI=1S/C30H27N3O3/c1-36-23-15-11-19(12-16-23)17-21-5-4-7-25-28(24-6-2-3-8-26(24)33-29(21)25)30(35)32-22-13-9-20(10-14-22)18-27(31)34/h2-3,6,8-17H,4-5,7,18H2,1H3,(H2,31,34)(H,32,35). The number of nitrogens with two attached hydrogens (primary N) is 1. The van der Waals surface area contributed by atoms with Gasteiger partial charge in [-0.1, -0.05) is 42.5 Å². The van der Waals surface area contributed by atoms with Gasteiger partial charge in [0.15, 0.2) is 0 Å². The number of para-hydroxylation sites is 1. The third-order valence-electron chi connectivity index (χ3n) is 6.44. The van der Waals surface area contributed by atoms with Crippen molar-refractivity contribution in [3.63, 3.8) is 0 Å². The van der Waals surface area contributed by atoms with Crippen LogP contribution in [0.1, 0.15) is 45.6 Å². The van der Waals surface area contributed by atoms with Gasteiger partial charge in [-0.2, -0.15) is 0 Å². The second-order valence-electron chi connectivity index (χ2n) is 8.92. The van der Waals surface area contributed by atoms with Gasteiger partial charge in [0, 0.05) is 11.1 Å². The molecule has 0 atom stereocenters. The van der Waals surface area contributed by atoms with Crippen LogP contribution in [0.4, 0.5) is 5.69 Å². The third-order valence-corrected chi connectivity index (χ3v) is 6.44. The zero-order valence-electron chi connectivity index (χ0n) is 20.1. The first-order chi connectivity index (χ1) is 17.5. The van der Waals surface area contributed by atoms with Crippen LogP contribution in [0.2, 0.25) is 0 Å². The summed E-state index contributed by atoms with van der Waals surface area (Å²) in [5, 5.41) is 3.88. The normalized spacial score (nSPS) is 13.9. The van der Waals surface area contributed by atoms with E-state index in [-0.39, 0.29) is 18.2 Å². The Hall–Kier alpha value is -4.45. The van der Waals surface area contributed by atoms with Crippen molar-refractivity contribution in [2.24, 2.45) is 5.73 Å². The van der Waals surface area contributed by atoms with Gasteiger partial charge < -0.3 is 15.8 Å². The average molecular weight is 478 g/mol. The van der Waals surface area contributed by atoms with E-state index in [9.17, 15) is 9.59 Å². The Morgan fingerprint density at radius 3 is 2.47 bits per heavy atom. The number of allylic oxidation sites excluding steroid dienone is 1. The Kier molecular flexibility index (Phi) is 6.50. The molecule has 2 amide bonds. The summed E-state index contributed by atoms with van der Waals surface area (Å²) in [6.45, 7) is 0. The van der Waals surface area contributed by atoms with Crippen LogP contribution in [-0.2, 0) is 17.6 Å². The monoisotopic (exact) mass is 477 g/mol. The van der Waals surface area contributed by atoms with E-state index in [0.717, 1.165) is 63.9 Å². The summed E-state index contributed by atoms with van der Waals surface area (Å²) >= 11 is 0. The van der Waals surface area contributed by atoms with E-state index in [2.05, 4.69) is 11.4 Å². The molecule has 0 radical (unpaired) electrons. The number of nitrogens with zero attached hydrogens (tertiary/aromatic N) is 1. The number of hydrogen-bond acceptors (Lipinski definition) is 4. The van der Waals surface area contributed by atoms with Gasteiger partial charge in [-0.3, -0.25) is 9.59 Å². The molecule has 0 bridgehead atoms. The van der Waals surface area contributed by atoms with Crippen LogP contribution in [0.3, 0.4) is 0 Å². The molecule has 1 aliphatic rings. The Morgan fingerprint density at radius 1 is 1.00 bits per heavy atom. The highest BCUT2D eigenvalue weighted by Crippen LogP contribution is 2.36. The zero-order valence-corrected chi connectivity index (χ0v) is 20.1. The van der Waals surface area contributed by atoms with Crippen LogP contribution >= 0.6 is 0 Å². The molecule has 0 saturated carbocycles. The molecule has 0 spiro atoms. The zero-order chi connectivity index (χ0) is 25.1. The largest absolute Gasteiger partial charge is 0.497 e. The second kappa shape index (κ2) is 10.0. The fraction of sp³-hybridized carbons (Fsp3) is 0.167. The number of pyridine rings is 1. The van der Waals surface area contributed by atoms with E-state index in [0.29, 0.717) is 11.3 Å². The molecule has 0 unspecified atom stereocenters. The Labute approximate surface area is 209 Å². The van der Waals surface area contributed by atoms with Gasteiger partial charge in [0.2, 0.25) is 5.91 Å². The fourth-order valence-electron chi connectivity index (χ4n) is 4.74. The maximum Gasteiger partial charge on any atom is 0.256 e. The van der Waals surface area contributed by atoms with Gasteiger partial charge >= 0.3 is 0 Å². The first-order valence-electron chi connectivity index (χ1n) is 12.0. The number of fused-ring (bicyclic) bond motifs is 2. The number of nitrogens with one attached hydrogen (secondary N) is 1. The highest BCUT2D eigenvalue weighted by atomic mass is 16.5. The van der Waals surface area contributed by atoms with Crippen LogP contribution in [0.5, 0.6) is 5.75 Å². The molecule has 1 aliphatic carbocycles. The number of primary amides is 1.